The average Bonchev–Trinajstić information content (AvgIpc) is 3.27. The standard InChI is InChI=1S/C20H19N5O2S/c1-13(22)17(10-21)18(26)12-28-20-24-23-19(16-8-9-27-14(16)2)25(20)11-15-6-4-3-5-7-15/h3-9H,11-12,22H2,1-2H3/b17-13-. The highest BCUT2D eigenvalue weighted by atomic mass is 32.2. The molecular formula is C20H19N5O2S. The summed E-state index contributed by atoms with van der Waals surface area (Å²) in [6, 6.07) is 13.6. The van der Waals surface area contributed by atoms with Gasteiger partial charge in [-0.3, -0.25) is 9.36 Å². The van der Waals surface area contributed by atoms with Crippen LogP contribution >= 0.6 is 11.8 Å². The minimum absolute atomic E-state index is 0.0208. The van der Waals surface area contributed by atoms with E-state index in [-0.39, 0.29) is 22.8 Å². The van der Waals surface area contributed by atoms with Gasteiger partial charge in [0.05, 0.1) is 24.1 Å². The molecule has 7 nitrogen and oxygen atoms in total. The largest absolute Gasteiger partial charge is 0.469 e. The van der Waals surface area contributed by atoms with Gasteiger partial charge in [0.1, 0.15) is 17.4 Å². The Kier molecular flexibility index (Phi) is 5.96. The molecule has 8 heteroatoms. The predicted octanol–water partition coefficient (Wildman–Crippen LogP) is 3.31. The topological polar surface area (TPSA) is 111 Å². The summed E-state index contributed by atoms with van der Waals surface area (Å²) in [5.41, 5.74) is 7.73. The van der Waals surface area contributed by atoms with E-state index < -0.39 is 0 Å². The Balaban J connectivity index is 1.92. The minimum atomic E-state index is -0.331. The SMILES string of the molecule is C/C(N)=C(\C#N)C(=O)CSc1nnc(-c2ccoc2C)n1Cc1ccccc1. The van der Waals surface area contributed by atoms with Crippen LogP contribution in [0.4, 0.5) is 0 Å². The molecular weight excluding hydrogens is 374 g/mol. The minimum Gasteiger partial charge on any atom is -0.469 e. The molecule has 2 aromatic heterocycles. The van der Waals surface area contributed by atoms with Crippen LogP contribution in [0, 0.1) is 18.3 Å². The molecule has 1 aromatic carbocycles. The zero-order valence-electron chi connectivity index (χ0n) is 15.5. The summed E-state index contributed by atoms with van der Waals surface area (Å²) in [6.07, 6.45) is 1.61. The molecule has 0 aliphatic carbocycles. The number of aryl methyl sites for hydroxylation is 1. The summed E-state index contributed by atoms with van der Waals surface area (Å²) < 4.78 is 7.35. The van der Waals surface area contributed by atoms with Crippen LogP contribution in [0.25, 0.3) is 11.4 Å². The third-order valence-corrected chi connectivity index (χ3v) is 5.08. The van der Waals surface area contributed by atoms with Gasteiger partial charge in [-0.15, -0.1) is 10.2 Å². The number of ketones is 1. The molecule has 0 amide bonds. The number of nitriles is 1. The van der Waals surface area contributed by atoms with Crippen molar-refractivity contribution in [1.29, 1.82) is 5.26 Å². The van der Waals surface area contributed by atoms with Gasteiger partial charge < -0.3 is 10.2 Å². The van der Waals surface area contributed by atoms with E-state index in [9.17, 15) is 4.79 Å². The molecule has 0 fully saturated rings. The lowest BCUT2D eigenvalue weighted by Crippen LogP contribution is -2.11. The van der Waals surface area contributed by atoms with Crippen molar-refractivity contribution in [2.75, 3.05) is 5.75 Å². The van der Waals surface area contributed by atoms with Crippen LogP contribution < -0.4 is 5.73 Å². The molecule has 0 spiro atoms. The molecule has 0 unspecified atom stereocenters. The summed E-state index contributed by atoms with van der Waals surface area (Å²) in [7, 11) is 0. The van der Waals surface area contributed by atoms with Crippen LogP contribution in [0.3, 0.4) is 0 Å². The number of hydrogen-bond acceptors (Lipinski definition) is 7. The lowest BCUT2D eigenvalue weighted by atomic mass is 10.2. The van der Waals surface area contributed by atoms with Gasteiger partial charge in [0.2, 0.25) is 0 Å². The van der Waals surface area contributed by atoms with E-state index in [1.165, 1.54) is 11.8 Å². The van der Waals surface area contributed by atoms with Gasteiger partial charge in [0, 0.05) is 5.70 Å². The van der Waals surface area contributed by atoms with Crippen molar-refractivity contribution in [3.05, 3.63) is 65.3 Å². The molecule has 0 aliphatic rings. The molecule has 28 heavy (non-hydrogen) atoms. The first kappa shape index (κ1) is 19.5. The summed E-state index contributed by atoms with van der Waals surface area (Å²) in [4.78, 5) is 12.3. The van der Waals surface area contributed by atoms with Crippen molar-refractivity contribution in [2.24, 2.45) is 5.73 Å². The smallest absolute Gasteiger partial charge is 0.192 e. The van der Waals surface area contributed by atoms with Gasteiger partial charge in [-0.05, 0) is 25.5 Å². The number of Topliss-reactive ketones (excluding diaryl/α,β-unsaturated/α-hetero) is 1. The van der Waals surface area contributed by atoms with Gasteiger partial charge in [-0.25, -0.2) is 0 Å². The molecule has 2 N–H and O–H groups in total. The summed E-state index contributed by atoms with van der Waals surface area (Å²) >= 11 is 1.23. The molecule has 142 valence electrons. The fraction of sp³-hybridized carbons (Fsp3) is 0.200. The number of benzene rings is 1. The van der Waals surface area contributed by atoms with E-state index in [0.717, 1.165) is 16.9 Å². The van der Waals surface area contributed by atoms with Gasteiger partial charge in [0.15, 0.2) is 16.8 Å². The number of carbonyl (C=O) groups is 1. The fourth-order valence-corrected chi connectivity index (χ4v) is 3.50. The number of thioether (sulfide) groups is 1. The van der Waals surface area contributed by atoms with Crippen LogP contribution in [0.5, 0.6) is 0 Å². The molecule has 0 radical (unpaired) electrons. The number of nitrogens with two attached hydrogens (primary N) is 1. The predicted molar refractivity (Wildman–Crippen MR) is 106 cm³/mol. The van der Waals surface area contributed by atoms with Crippen molar-refractivity contribution >= 4 is 17.5 Å². The Morgan fingerprint density at radius 3 is 2.64 bits per heavy atom. The van der Waals surface area contributed by atoms with Crippen LogP contribution in [0.2, 0.25) is 0 Å². The Morgan fingerprint density at radius 2 is 2.04 bits per heavy atom. The first-order valence-electron chi connectivity index (χ1n) is 8.55. The molecule has 0 saturated carbocycles. The second-order valence-electron chi connectivity index (χ2n) is 6.15. The van der Waals surface area contributed by atoms with E-state index >= 15 is 0 Å². The van der Waals surface area contributed by atoms with Crippen LogP contribution in [-0.4, -0.2) is 26.3 Å². The fourth-order valence-electron chi connectivity index (χ4n) is 2.69. The van der Waals surface area contributed by atoms with Crippen molar-refractivity contribution in [1.82, 2.24) is 14.8 Å². The number of hydrogen-bond donors (Lipinski definition) is 1. The third kappa shape index (κ3) is 4.15. The number of rotatable bonds is 7. The molecule has 0 saturated heterocycles. The zero-order chi connectivity index (χ0) is 20.1. The maximum Gasteiger partial charge on any atom is 0.192 e. The maximum absolute atomic E-state index is 12.3. The van der Waals surface area contributed by atoms with Crippen LogP contribution in [-0.2, 0) is 11.3 Å². The quantitative estimate of drug-likeness (QED) is 0.372. The van der Waals surface area contributed by atoms with E-state index in [4.69, 9.17) is 15.4 Å². The van der Waals surface area contributed by atoms with Crippen molar-refractivity contribution in [2.45, 2.75) is 25.5 Å². The number of furan rings is 1. The second kappa shape index (κ2) is 8.59. The second-order valence-corrected chi connectivity index (χ2v) is 7.09. The number of aromatic nitrogens is 3. The highest BCUT2D eigenvalue weighted by Crippen LogP contribution is 2.28. The van der Waals surface area contributed by atoms with E-state index in [0.29, 0.717) is 17.5 Å². The lowest BCUT2D eigenvalue weighted by molar-refractivity contribution is -0.112. The summed E-state index contributed by atoms with van der Waals surface area (Å²) in [6.45, 7) is 3.95. The van der Waals surface area contributed by atoms with Gasteiger partial charge in [-0.2, -0.15) is 5.26 Å². The van der Waals surface area contributed by atoms with E-state index in [1.807, 2.05) is 54.0 Å². The van der Waals surface area contributed by atoms with Crippen LogP contribution in [0.15, 0.2) is 63.5 Å². The first-order valence-corrected chi connectivity index (χ1v) is 9.54. The van der Waals surface area contributed by atoms with Crippen molar-refractivity contribution in [3.8, 4) is 17.5 Å². The average molecular weight is 393 g/mol. The number of allylic oxidation sites excluding steroid dienone is 2. The lowest BCUT2D eigenvalue weighted by Gasteiger charge is -2.10. The summed E-state index contributed by atoms with van der Waals surface area (Å²) in [5.74, 6) is 1.12. The van der Waals surface area contributed by atoms with Gasteiger partial charge >= 0.3 is 0 Å². The molecule has 0 atom stereocenters. The summed E-state index contributed by atoms with van der Waals surface area (Å²) in [5, 5.41) is 18.3. The Labute approximate surface area is 166 Å². The molecule has 3 rings (SSSR count). The van der Waals surface area contributed by atoms with Crippen molar-refractivity contribution in [3.63, 3.8) is 0 Å². The zero-order valence-corrected chi connectivity index (χ0v) is 16.4. The van der Waals surface area contributed by atoms with Crippen LogP contribution in [0.1, 0.15) is 18.2 Å². The van der Waals surface area contributed by atoms with Gasteiger partial charge in [-0.1, -0.05) is 42.1 Å². The Bertz CT molecular complexity index is 1060. The molecule has 0 bridgehead atoms. The monoisotopic (exact) mass is 393 g/mol. The van der Waals surface area contributed by atoms with E-state index in [2.05, 4.69) is 10.2 Å². The maximum atomic E-state index is 12.3. The van der Waals surface area contributed by atoms with E-state index in [1.54, 1.807) is 13.2 Å². The first-order chi connectivity index (χ1) is 13.5. The Morgan fingerprint density at radius 1 is 1.29 bits per heavy atom. The molecule has 0 aliphatic heterocycles. The van der Waals surface area contributed by atoms with Gasteiger partial charge in [0.25, 0.3) is 0 Å². The number of carbonyl (C=O) groups excluding carboxylic acids is 1. The molecule has 2 heterocycles. The highest BCUT2D eigenvalue weighted by Gasteiger charge is 2.20. The third-order valence-electron chi connectivity index (χ3n) is 4.12. The normalized spacial score (nSPS) is 11.8. The highest BCUT2D eigenvalue weighted by molar-refractivity contribution is 7.99. The Hall–Kier alpha value is -3.31. The van der Waals surface area contributed by atoms with Crippen molar-refractivity contribution < 1.29 is 9.21 Å². The number of nitrogens with zero attached hydrogens (tertiary/aromatic N) is 4. The molecule has 3 aromatic rings.